The maximum atomic E-state index is 11.8. The van der Waals surface area contributed by atoms with Gasteiger partial charge in [-0.2, -0.15) is 0 Å². The molecule has 0 aromatic heterocycles. The number of rotatable bonds is 0. The van der Waals surface area contributed by atoms with Gasteiger partial charge in [0.1, 0.15) is 0 Å². The molecule has 1 heteroatoms. The number of Topliss-reactive ketones (excluding diaryl/α,β-unsaturated/α-hetero) is 1. The lowest BCUT2D eigenvalue weighted by Crippen LogP contribution is -2.16. The zero-order chi connectivity index (χ0) is 11.1. The number of carbonyl (C=O) groups is 1. The number of carbonyl (C=O) groups excluding carboxylic acids is 1. The molecule has 0 atom stereocenters. The van der Waals surface area contributed by atoms with Gasteiger partial charge in [0.25, 0.3) is 0 Å². The summed E-state index contributed by atoms with van der Waals surface area (Å²) in [7, 11) is 0. The van der Waals surface area contributed by atoms with Gasteiger partial charge in [0, 0.05) is 12.0 Å². The first-order valence-corrected chi connectivity index (χ1v) is 5.65. The van der Waals surface area contributed by atoms with Crippen molar-refractivity contribution in [2.24, 2.45) is 0 Å². The number of hydrogen-bond acceptors (Lipinski definition) is 1. The van der Waals surface area contributed by atoms with E-state index in [4.69, 9.17) is 0 Å². The Labute approximate surface area is 91.5 Å². The molecule has 0 fully saturated rings. The molecule has 2 rings (SSSR count). The van der Waals surface area contributed by atoms with Gasteiger partial charge in [-0.05, 0) is 35.4 Å². The average molecular weight is 202 g/mol. The molecule has 1 nitrogen and oxygen atoms in total. The SMILES string of the molecule is CC(C)(C)c1ccc2c(c1)C(=O)CCC2. The molecule has 0 heterocycles. The van der Waals surface area contributed by atoms with E-state index in [9.17, 15) is 4.79 Å². The molecule has 15 heavy (non-hydrogen) atoms. The van der Waals surface area contributed by atoms with Gasteiger partial charge in [-0.15, -0.1) is 0 Å². The van der Waals surface area contributed by atoms with E-state index in [1.54, 1.807) is 0 Å². The van der Waals surface area contributed by atoms with Crippen LogP contribution in [0.3, 0.4) is 0 Å². The van der Waals surface area contributed by atoms with Gasteiger partial charge in [0.05, 0.1) is 0 Å². The molecular formula is C14H18O. The van der Waals surface area contributed by atoms with E-state index in [1.807, 2.05) is 0 Å². The molecule has 0 spiro atoms. The molecule has 80 valence electrons. The normalized spacial score (nSPS) is 16.3. The van der Waals surface area contributed by atoms with Crippen LogP contribution in [0.4, 0.5) is 0 Å². The van der Waals surface area contributed by atoms with Crippen molar-refractivity contribution in [1.82, 2.24) is 0 Å². The second kappa shape index (κ2) is 3.48. The van der Waals surface area contributed by atoms with Crippen LogP contribution in [-0.2, 0) is 11.8 Å². The van der Waals surface area contributed by atoms with Crippen molar-refractivity contribution >= 4 is 5.78 Å². The highest BCUT2D eigenvalue weighted by molar-refractivity contribution is 5.98. The standard InChI is InChI=1S/C14H18O/c1-14(2,3)11-8-7-10-5-4-6-13(15)12(10)9-11/h7-9H,4-6H2,1-3H3. The Morgan fingerprint density at radius 3 is 2.53 bits per heavy atom. The quantitative estimate of drug-likeness (QED) is 0.629. The fourth-order valence-electron chi connectivity index (χ4n) is 2.09. The third-order valence-electron chi connectivity index (χ3n) is 3.13. The highest BCUT2D eigenvalue weighted by Crippen LogP contribution is 2.28. The van der Waals surface area contributed by atoms with E-state index < -0.39 is 0 Å². The zero-order valence-corrected chi connectivity index (χ0v) is 9.76. The smallest absolute Gasteiger partial charge is 0.163 e. The van der Waals surface area contributed by atoms with Crippen molar-refractivity contribution in [3.05, 3.63) is 34.9 Å². The predicted molar refractivity (Wildman–Crippen MR) is 62.4 cm³/mol. The van der Waals surface area contributed by atoms with Crippen molar-refractivity contribution in [2.75, 3.05) is 0 Å². The average Bonchev–Trinajstić information content (AvgIpc) is 2.16. The first kappa shape index (κ1) is 10.4. The van der Waals surface area contributed by atoms with Gasteiger partial charge >= 0.3 is 0 Å². The fraction of sp³-hybridized carbons (Fsp3) is 0.500. The Balaban J connectivity index is 2.49. The molecule has 1 aliphatic carbocycles. The van der Waals surface area contributed by atoms with Crippen LogP contribution in [0.5, 0.6) is 0 Å². The third-order valence-corrected chi connectivity index (χ3v) is 3.13. The number of aryl methyl sites for hydroxylation is 1. The Bertz CT molecular complexity index is 396. The van der Waals surface area contributed by atoms with Crippen LogP contribution in [-0.4, -0.2) is 5.78 Å². The second-order valence-corrected chi connectivity index (χ2v) is 5.40. The van der Waals surface area contributed by atoms with Crippen molar-refractivity contribution in [2.45, 2.75) is 45.4 Å². The van der Waals surface area contributed by atoms with E-state index in [0.29, 0.717) is 5.78 Å². The van der Waals surface area contributed by atoms with Crippen LogP contribution in [0, 0.1) is 0 Å². The van der Waals surface area contributed by atoms with Crippen molar-refractivity contribution in [3.63, 3.8) is 0 Å². The van der Waals surface area contributed by atoms with Crippen molar-refractivity contribution in [3.8, 4) is 0 Å². The number of fused-ring (bicyclic) bond motifs is 1. The lowest BCUT2D eigenvalue weighted by atomic mass is 9.82. The van der Waals surface area contributed by atoms with E-state index in [1.165, 1.54) is 11.1 Å². The summed E-state index contributed by atoms with van der Waals surface area (Å²) in [6, 6.07) is 6.39. The largest absolute Gasteiger partial charge is 0.294 e. The van der Waals surface area contributed by atoms with Gasteiger partial charge in [-0.1, -0.05) is 32.9 Å². The van der Waals surface area contributed by atoms with Gasteiger partial charge in [-0.25, -0.2) is 0 Å². The number of hydrogen-bond donors (Lipinski definition) is 0. The van der Waals surface area contributed by atoms with Crippen LogP contribution in [0.1, 0.15) is 55.1 Å². The summed E-state index contributed by atoms with van der Waals surface area (Å²) in [5.41, 5.74) is 3.59. The van der Waals surface area contributed by atoms with Crippen LogP contribution in [0.2, 0.25) is 0 Å². The molecule has 0 bridgehead atoms. The molecule has 0 N–H and O–H groups in total. The Kier molecular flexibility index (Phi) is 2.41. The first-order chi connectivity index (χ1) is 6.98. The van der Waals surface area contributed by atoms with Gasteiger partial charge in [-0.3, -0.25) is 4.79 Å². The minimum atomic E-state index is 0.132. The second-order valence-electron chi connectivity index (χ2n) is 5.40. The maximum absolute atomic E-state index is 11.8. The lowest BCUT2D eigenvalue weighted by molar-refractivity contribution is 0.0972. The topological polar surface area (TPSA) is 17.1 Å². The molecular weight excluding hydrogens is 184 g/mol. The van der Waals surface area contributed by atoms with Crippen molar-refractivity contribution < 1.29 is 4.79 Å². The number of ketones is 1. The fourth-order valence-corrected chi connectivity index (χ4v) is 2.09. The summed E-state index contributed by atoms with van der Waals surface area (Å²) in [6.45, 7) is 6.55. The Hall–Kier alpha value is -1.11. The molecule has 0 aliphatic heterocycles. The molecule has 0 saturated heterocycles. The van der Waals surface area contributed by atoms with Gasteiger partial charge < -0.3 is 0 Å². The minimum absolute atomic E-state index is 0.132. The van der Waals surface area contributed by atoms with E-state index >= 15 is 0 Å². The molecule has 1 aromatic rings. The zero-order valence-electron chi connectivity index (χ0n) is 9.76. The van der Waals surface area contributed by atoms with E-state index in [2.05, 4.69) is 39.0 Å². The summed E-state index contributed by atoms with van der Waals surface area (Å²) < 4.78 is 0. The van der Waals surface area contributed by atoms with Gasteiger partial charge in [0.2, 0.25) is 0 Å². The Morgan fingerprint density at radius 1 is 1.13 bits per heavy atom. The summed E-state index contributed by atoms with van der Waals surface area (Å²) in [4.78, 5) is 11.8. The molecule has 1 aliphatic rings. The highest BCUT2D eigenvalue weighted by atomic mass is 16.1. The molecule has 0 amide bonds. The molecule has 1 aromatic carbocycles. The van der Waals surface area contributed by atoms with Crippen molar-refractivity contribution in [1.29, 1.82) is 0 Å². The maximum Gasteiger partial charge on any atom is 0.163 e. The number of benzene rings is 1. The molecule has 0 saturated carbocycles. The summed E-state index contributed by atoms with van der Waals surface area (Å²) in [5, 5.41) is 0. The van der Waals surface area contributed by atoms with Crippen LogP contribution >= 0.6 is 0 Å². The minimum Gasteiger partial charge on any atom is -0.294 e. The van der Waals surface area contributed by atoms with Crippen LogP contribution in [0.25, 0.3) is 0 Å². The van der Waals surface area contributed by atoms with E-state index in [0.717, 1.165) is 24.8 Å². The highest BCUT2D eigenvalue weighted by Gasteiger charge is 2.20. The summed E-state index contributed by atoms with van der Waals surface area (Å²) >= 11 is 0. The lowest BCUT2D eigenvalue weighted by Gasteiger charge is -2.22. The summed E-state index contributed by atoms with van der Waals surface area (Å²) in [5.74, 6) is 0.322. The van der Waals surface area contributed by atoms with Crippen LogP contribution < -0.4 is 0 Å². The molecule has 0 radical (unpaired) electrons. The third kappa shape index (κ3) is 1.97. The monoisotopic (exact) mass is 202 g/mol. The van der Waals surface area contributed by atoms with E-state index in [-0.39, 0.29) is 5.41 Å². The molecule has 0 unspecified atom stereocenters. The van der Waals surface area contributed by atoms with Crippen LogP contribution in [0.15, 0.2) is 18.2 Å². The first-order valence-electron chi connectivity index (χ1n) is 5.65. The van der Waals surface area contributed by atoms with Gasteiger partial charge in [0.15, 0.2) is 5.78 Å². The predicted octanol–water partition coefficient (Wildman–Crippen LogP) is 3.50. The Morgan fingerprint density at radius 2 is 1.87 bits per heavy atom. The summed E-state index contributed by atoms with van der Waals surface area (Å²) in [6.07, 6.45) is 2.80.